The van der Waals surface area contributed by atoms with Gasteiger partial charge in [-0.25, -0.2) is 4.98 Å². The van der Waals surface area contributed by atoms with E-state index in [4.69, 9.17) is 4.74 Å². The number of rotatable bonds is 2. The molecule has 0 saturated heterocycles. The van der Waals surface area contributed by atoms with Gasteiger partial charge in [0.25, 0.3) is 0 Å². The molecule has 1 aromatic rings. The molecule has 0 unspecified atom stereocenters. The SMILES string of the molecule is COc1cc(C2(O)CC2)ccn1. The van der Waals surface area contributed by atoms with Crippen LogP contribution in [0.15, 0.2) is 18.3 Å². The summed E-state index contributed by atoms with van der Waals surface area (Å²) in [4.78, 5) is 3.97. The summed E-state index contributed by atoms with van der Waals surface area (Å²) in [6, 6.07) is 3.61. The van der Waals surface area contributed by atoms with Crippen LogP contribution in [0, 0.1) is 0 Å². The molecule has 0 bridgehead atoms. The summed E-state index contributed by atoms with van der Waals surface area (Å²) in [7, 11) is 1.57. The highest BCUT2D eigenvalue weighted by atomic mass is 16.5. The van der Waals surface area contributed by atoms with Gasteiger partial charge >= 0.3 is 0 Å². The number of pyridine rings is 1. The number of ether oxygens (including phenoxy) is 1. The van der Waals surface area contributed by atoms with Gasteiger partial charge in [0.05, 0.1) is 12.7 Å². The highest BCUT2D eigenvalue weighted by Gasteiger charge is 2.42. The number of aliphatic hydroxyl groups is 1. The number of hydrogen-bond donors (Lipinski definition) is 1. The third-order valence-corrected chi connectivity index (χ3v) is 2.20. The van der Waals surface area contributed by atoms with Crippen molar-refractivity contribution in [2.24, 2.45) is 0 Å². The first-order chi connectivity index (χ1) is 5.74. The number of aromatic nitrogens is 1. The van der Waals surface area contributed by atoms with E-state index in [-0.39, 0.29) is 0 Å². The van der Waals surface area contributed by atoms with Crippen LogP contribution < -0.4 is 4.74 Å². The third-order valence-electron chi connectivity index (χ3n) is 2.20. The molecule has 1 aromatic heterocycles. The van der Waals surface area contributed by atoms with Gasteiger partial charge in [0.1, 0.15) is 0 Å². The maximum Gasteiger partial charge on any atom is 0.213 e. The number of hydrogen-bond acceptors (Lipinski definition) is 3. The number of nitrogens with zero attached hydrogens (tertiary/aromatic N) is 1. The van der Waals surface area contributed by atoms with Crippen molar-refractivity contribution in [2.45, 2.75) is 18.4 Å². The van der Waals surface area contributed by atoms with E-state index in [1.54, 1.807) is 19.4 Å². The molecule has 3 nitrogen and oxygen atoms in total. The van der Waals surface area contributed by atoms with Crippen molar-refractivity contribution in [3.8, 4) is 5.88 Å². The van der Waals surface area contributed by atoms with Crippen LogP contribution in [0.4, 0.5) is 0 Å². The molecule has 0 radical (unpaired) electrons. The monoisotopic (exact) mass is 165 g/mol. The van der Waals surface area contributed by atoms with Crippen molar-refractivity contribution in [3.05, 3.63) is 23.9 Å². The zero-order chi connectivity index (χ0) is 8.60. The maximum absolute atomic E-state index is 9.74. The first-order valence-electron chi connectivity index (χ1n) is 3.97. The molecule has 0 aliphatic heterocycles. The minimum Gasteiger partial charge on any atom is -0.481 e. The molecule has 1 N–H and O–H groups in total. The molecule has 0 amide bonds. The fourth-order valence-corrected chi connectivity index (χ4v) is 1.22. The van der Waals surface area contributed by atoms with E-state index in [0.29, 0.717) is 5.88 Å². The van der Waals surface area contributed by atoms with Gasteiger partial charge in [-0.3, -0.25) is 0 Å². The van der Waals surface area contributed by atoms with Crippen molar-refractivity contribution in [1.29, 1.82) is 0 Å². The van der Waals surface area contributed by atoms with Gasteiger partial charge in [-0.05, 0) is 24.5 Å². The number of methoxy groups -OCH3 is 1. The Kier molecular flexibility index (Phi) is 1.54. The lowest BCUT2D eigenvalue weighted by atomic mass is 10.1. The average molecular weight is 165 g/mol. The van der Waals surface area contributed by atoms with E-state index in [2.05, 4.69) is 4.98 Å². The molecule has 1 heterocycles. The molecule has 0 spiro atoms. The molecule has 1 aliphatic rings. The van der Waals surface area contributed by atoms with Crippen molar-refractivity contribution in [2.75, 3.05) is 7.11 Å². The van der Waals surface area contributed by atoms with E-state index in [1.807, 2.05) is 6.07 Å². The molecule has 0 atom stereocenters. The molecule has 2 rings (SSSR count). The van der Waals surface area contributed by atoms with Crippen molar-refractivity contribution >= 4 is 0 Å². The molecular formula is C9H11NO2. The van der Waals surface area contributed by atoms with Crippen LogP contribution in [0.1, 0.15) is 18.4 Å². The summed E-state index contributed by atoms with van der Waals surface area (Å²) in [5.41, 5.74) is 0.324. The highest BCUT2D eigenvalue weighted by molar-refractivity contribution is 5.29. The average Bonchev–Trinajstić information content (AvgIpc) is 2.85. The van der Waals surface area contributed by atoms with Gasteiger partial charge in [-0.15, -0.1) is 0 Å². The lowest BCUT2D eigenvalue weighted by Gasteiger charge is -2.07. The summed E-state index contributed by atoms with van der Waals surface area (Å²) in [5.74, 6) is 0.563. The van der Waals surface area contributed by atoms with E-state index < -0.39 is 5.60 Å². The van der Waals surface area contributed by atoms with Crippen LogP contribution in [0.5, 0.6) is 5.88 Å². The van der Waals surface area contributed by atoms with E-state index in [1.165, 1.54) is 0 Å². The van der Waals surface area contributed by atoms with Gasteiger partial charge in [-0.1, -0.05) is 0 Å². The molecule has 1 aliphatic carbocycles. The minimum absolute atomic E-state index is 0.563. The predicted octanol–water partition coefficient (Wildman–Crippen LogP) is 1.07. The second kappa shape index (κ2) is 2.45. The van der Waals surface area contributed by atoms with Crippen molar-refractivity contribution in [1.82, 2.24) is 4.98 Å². The zero-order valence-electron chi connectivity index (χ0n) is 6.95. The van der Waals surface area contributed by atoms with Crippen LogP contribution in [0.25, 0.3) is 0 Å². The molecule has 64 valence electrons. The first kappa shape index (κ1) is 7.55. The fraction of sp³-hybridized carbons (Fsp3) is 0.444. The maximum atomic E-state index is 9.74. The Morgan fingerprint density at radius 1 is 1.58 bits per heavy atom. The molecular weight excluding hydrogens is 154 g/mol. The Bertz CT molecular complexity index is 294. The predicted molar refractivity (Wildman–Crippen MR) is 43.9 cm³/mol. The van der Waals surface area contributed by atoms with Gasteiger partial charge in [0.15, 0.2) is 0 Å². The van der Waals surface area contributed by atoms with E-state index in [9.17, 15) is 5.11 Å². The van der Waals surface area contributed by atoms with Crippen molar-refractivity contribution < 1.29 is 9.84 Å². The molecule has 0 aromatic carbocycles. The smallest absolute Gasteiger partial charge is 0.213 e. The molecule has 12 heavy (non-hydrogen) atoms. The summed E-state index contributed by atoms with van der Waals surface area (Å²) < 4.78 is 4.96. The summed E-state index contributed by atoms with van der Waals surface area (Å²) in [5, 5.41) is 9.74. The van der Waals surface area contributed by atoms with E-state index >= 15 is 0 Å². The normalized spacial score (nSPS) is 18.8. The fourth-order valence-electron chi connectivity index (χ4n) is 1.22. The Hall–Kier alpha value is -1.09. The molecule has 1 saturated carbocycles. The van der Waals surface area contributed by atoms with Crippen LogP contribution >= 0.6 is 0 Å². The van der Waals surface area contributed by atoms with Crippen LogP contribution in [0.3, 0.4) is 0 Å². The summed E-state index contributed by atoms with van der Waals surface area (Å²) in [6.07, 6.45) is 3.35. The van der Waals surface area contributed by atoms with Gasteiger partial charge in [0, 0.05) is 12.3 Å². The third kappa shape index (κ3) is 1.16. The molecule has 1 fully saturated rings. The molecule has 3 heteroatoms. The summed E-state index contributed by atoms with van der Waals surface area (Å²) >= 11 is 0. The Morgan fingerprint density at radius 3 is 2.92 bits per heavy atom. The van der Waals surface area contributed by atoms with Crippen LogP contribution in [-0.2, 0) is 5.60 Å². The summed E-state index contributed by atoms with van der Waals surface area (Å²) in [6.45, 7) is 0. The van der Waals surface area contributed by atoms with Crippen molar-refractivity contribution in [3.63, 3.8) is 0 Å². The minimum atomic E-state index is -0.587. The van der Waals surface area contributed by atoms with Gasteiger partial charge in [0.2, 0.25) is 5.88 Å². The lowest BCUT2D eigenvalue weighted by molar-refractivity contribution is 0.151. The largest absolute Gasteiger partial charge is 0.481 e. The van der Waals surface area contributed by atoms with Crippen LogP contribution in [0.2, 0.25) is 0 Å². The van der Waals surface area contributed by atoms with Gasteiger partial charge < -0.3 is 9.84 Å². The Balaban J connectivity index is 2.32. The Morgan fingerprint density at radius 2 is 2.33 bits per heavy atom. The van der Waals surface area contributed by atoms with E-state index in [0.717, 1.165) is 18.4 Å². The van der Waals surface area contributed by atoms with Gasteiger partial charge in [-0.2, -0.15) is 0 Å². The topological polar surface area (TPSA) is 42.4 Å². The standard InChI is InChI=1S/C9H11NO2/c1-12-8-6-7(2-5-10-8)9(11)3-4-9/h2,5-6,11H,3-4H2,1H3. The van der Waals surface area contributed by atoms with Crippen LogP contribution in [-0.4, -0.2) is 17.2 Å². The zero-order valence-corrected chi connectivity index (χ0v) is 6.95. The Labute approximate surface area is 71.0 Å². The second-order valence-corrected chi connectivity index (χ2v) is 3.12. The highest BCUT2D eigenvalue weighted by Crippen LogP contribution is 2.45. The quantitative estimate of drug-likeness (QED) is 0.712. The second-order valence-electron chi connectivity index (χ2n) is 3.12. The first-order valence-corrected chi connectivity index (χ1v) is 3.97. The lowest BCUT2D eigenvalue weighted by Crippen LogP contribution is -2.04.